The maximum absolute atomic E-state index is 12.7. The van der Waals surface area contributed by atoms with Gasteiger partial charge in [-0.2, -0.15) is 0 Å². The summed E-state index contributed by atoms with van der Waals surface area (Å²) in [4.78, 5) is 14.3. The Bertz CT molecular complexity index is 761. The molecule has 0 fully saturated rings. The minimum Gasteiger partial charge on any atom is -0.493 e. The Morgan fingerprint density at radius 2 is 1.84 bits per heavy atom. The molecule has 1 amide bonds. The summed E-state index contributed by atoms with van der Waals surface area (Å²) in [6, 6.07) is 12.9. The van der Waals surface area contributed by atoms with Crippen LogP contribution in [-0.4, -0.2) is 44.8 Å². The SMILES string of the molecule is COc1ccc(CN(C)C(=O)[C@@H]2COc3ccccc3O2)cc1OC. The number of carbonyl (C=O) groups is 1. The van der Waals surface area contributed by atoms with E-state index in [-0.39, 0.29) is 12.5 Å². The number of carbonyl (C=O) groups excluding carboxylic acids is 1. The summed E-state index contributed by atoms with van der Waals surface area (Å²) >= 11 is 0. The van der Waals surface area contributed by atoms with Crippen LogP contribution in [-0.2, 0) is 11.3 Å². The van der Waals surface area contributed by atoms with Gasteiger partial charge in [0.25, 0.3) is 5.91 Å². The van der Waals surface area contributed by atoms with Crippen molar-refractivity contribution in [2.24, 2.45) is 0 Å². The minimum absolute atomic E-state index is 0.135. The van der Waals surface area contributed by atoms with Crippen molar-refractivity contribution in [2.75, 3.05) is 27.9 Å². The second kappa shape index (κ2) is 7.34. The molecular weight excluding hydrogens is 322 g/mol. The molecule has 0 saturated heterocycles. The fraction of sp³-hybridized carbons (Fsp3) is 0.316. The van der Waals surface area contributed by atoms with Crippen LogP contribution in [0.5, 0.6) is 23.0 Å². The number of amides is 1. The largest absolute Gasteiger partial charge is 0.493 e. The van der Waals surface area contributed by atoms with E-state index >= 15 is 0 Å². The Kier molecular flexibility index (Phi) is 4.97. The predicted octanol–water partition coefficient (Wildman–Crippen LogP) is 2.50. The summed E-state index contributed by atoms with van der Waals surface area (Å²) in [7, 11) is 4.91. The Labute approximate surface area is 146 Å². The van der Waals surface area contributed by atoms with E-state index in [1.54, 1.807) is 32.2 Å². The van der Waals surface area contributed by atoms with Gasteiger partial charge in [0.15, 0.2) is 23.0 Å². The van der Waals surface area contributed by atoms with E-state index in [2.05, 4.69) is 0 Å². The van der Waals surface area contributed by atoms with Crippen molar-refractivity contribution in [3.8, 4) is 23.0 Å². The average Bonchev–Trinajstić information content (AvgIpc) is 2.66. The molecule has 0 radical (unpaired) electrons. The molecule has 2 aromatic rings. The standard InChI is InChI=1S/C19H21NO5/c1-20(11-13-8-9-14(22-2)17(10-13)23-3)19(21)18-12-24-15-6-4-5-7-16(15)25-18/h4-10,18H,11-12H2,1-3H3/t18-/m0/s1. The molecular formula is C19H21NO5. The lowest BCUT2D eigenvalue weighted by Crippen LogP contribution is -2.44. The van der Waals surface area contributed by atoms with E-state index in [1.807, 2.05) is 36.4 Å². The molecule has 132 valence electrons. The van der Waals surface area contributed by atoms with Crippen molar-refractivity contribution in [3.63, 3.8) is 0 Å². The van der Waals surface area contributed by atoms with Gasteiger partial charge in [-0.25, -0.2) is 0 Å². The average molecular weight is 343 g/mol. The lowest BCUT2D eigenvalue weighted by atomic mass is 10.1. The molecule has 0 unspecified atom stereocenters. The molecule has 0 bridgehead atoms. The Balaban J connectivity index is 1.67. The van der Waals surface area contributed by atoms with Crippen molar-refractivity contribution in [1.82, 2.24) is 4.90 Å². The first-order valence-electron chi connectivity index (χ1n) is 7.96. The van der Waals surface area contributed by atoms with Gasteiger partial charge in [0.1, 0.15) is 6.61 Å². The molecule has 1 atom stereocenters. The third-order valence-electron chi connectivity index (χ3n) is 4.03. The van der Waals surface area contributed by atoms with Crippen LogP contribution in [0.4, 0.5) is 0 Å². The molecule has 1 heterocycles. The number of para-hydroxylation sites is 2. The van der Waals surface area contributed by atoms with Gasteiger partial charge in [-0.05, 0) is 29.8 Å². The van der Waals surface area contributed by atoms with Crippen LogP contribution >= 0.6 is 0 Å². The molecule has 1 aliphatic rings. The van der Waals surface area contributed by atoms with Crippen LogP contribution in [0.25, 0.3) is 0 Å². The van der Waals surface area contributed by atoms with Crippen molar-refractivity contribution < 1.29 is 23.7 Å². The fourth-order valence-corrected chi connectivity index (χ4v) is 2.72. The third-order valence-corrected chi connectivity index (χ3v) is 4.03. The molecule has 6 nitrogen and oxygen atoms in total. The van der Waals surface area contributed by atoms with E-state index < -0.39 is 6.10 Å². The van der Waals surface area contributed by atoms with Crippen LogP contribution in [0.2, 0.25) is 0 Å². The van der Waals surface area contributed by atoms with Crippen molar-refractivity contribution in [1.29, 1.82) is 0 Å². The summed E-state index contributed by atoms with van der Waals surface area (Å²) in [6.45, 7) is 0.632. The maximum atomic E-state index is 12.7. The highest BCUT2D eigenvalue weighted by molar-refractivity contribution is 5.81. The zero-order valence-corrected chi connectivity index (χ0v) is 14.5. The smallest absolute Gasteiger partial charge is 0.267 e. The molecule has 0 N–H and O–H groups in total. The second-order valence-corrected chi connectivity index (χ2v) is 5.75. The highest BCUT2D eigenvalue weighted by Crippen LogP contribution is 2.31. The normalized spacial score (nSPS) is 15.4. The van der Waals surface area contributed by atoms with Gasteiger partial charge in [-0.1, -0.05) is 18.2 Å². The van der Waals surface area contributed by atoms with Crippen molar-refractivity contribution in [2.45, 2.75) is 12.6 Å². The van der Waals surface area contributed by atoms with E-state index in [1.165, 1.54) is 0 Å². The first-order valence-corrected chi connectivity index (χ1v) is 7.96. The summed E-state index contributed by atoms with van der Waals surface area (Å²) in [5.41, 5.74) is 0.936. The lowest BCUT2D eigenvalue weighted by molar-refractivity contribution is -0.140. The zero-order chi connectivity index (χ0) is 17.8. The Morgan fingerprint density at radius 1 is 1.12 bits per heavy atom. The van der Waals surface area contributed by atoms with Gasteiger partial charge in [0.05, 0.1) is 14.2 Å². The number of rotatable bonds is 5. The van der Waals surface area contributed by atoms with Crippen LogP contribution in [0, 0.1) is 0 Å². The van der Waals surface area contributed by atoms with Crippen LogP contribution in [0.15, 0.2) is 42.5 Å². The summed E-state index contributed by atoms with van der Waals surface area (Å²) in [5, 5.41) is 0. The van der Waals surface area contributed by atoms with Crippen LogP contribution in [0.3, 0.4) is 0 Å². The minimum atomic E-state index is -0.653. The topological polar surface area (TPSA) is 57.2 Å². The van der Waals surface area contributed by atoms with E-state index in [9.17, 15) is 4.79 Å². The number of fused-ring (bicyclic) bond motifs is 1. The van der Waals surface area contributed by atoms with Gasteiger partial charge < -0.3 is 23.8 Å². The van der Waals surface area contributed by atoms with Gasteiger partial charge in [-0.15, -0.1) is 0 Å². The van der Waals surface area contributed by atoms with Gasteiger partial charge in [0, 0.05) is 13.6 Å². The first kappa shape index (κ1) is 17.0. The quantitative estimate of drug-likeness (QED) is 0.835. The van der Waals surface area contributed by atoms with Gasteiger partial charge in [-0.3, -0.25) is 4.79 Å². The highest BCUT2D eigenvalue weighted by Gasteiger charge is 2.29. The number of methoxy groups -OCH3 is 2. The predicted molar refractivity (Wildman–Crippen MR) is 92.4 cm³/mol. The Morgan fingerprint density at radius 3 is 2.56 bits per heavy atom. The van der Waals surface area contributed by atoms with Crippen LogP contribution in [0.1, 0.15) is 5.56 Å². The first-order chi connectivity index (χ1) is 12.1. The molecule has 1 aliphatic heterocycles. The summed E-state index contributed by atoms with van der Waals surface area (Å²) < 4.78 is 21.9. The number of hydrogen-bond donors (Lipinski definition) is 0. The number of likely N-dealkylation sites (N-methyl/N-ethyl adjacent to an activating group) is 1. The molecule has 0 aliphatic carbocycles. The third kappa shape index (κ3) is 3.63. The molecule has 0 aromatic heterocycles. The van der Waals surface area contributed by atoms with Crippen molar-refractivity contribution in [3.05, 3.63) is 48.0 Å². The molecule has 25 heavy (non-hydrogen) atoms. The molecule has 0 saturated carbocycles. The summed E-state index contributed by atoms with van der Waals surface area (Å²) in [6.07, 6.45) is -0.653. The van der Waals surface area contributed by atoms with Gasteiger partial charge in [0.2, 0.25) is 6.10 Å². The van der Waals surface area contributed by atoms with E-state index in [0.29, 0.717) is 29.5 Å². The van der Waals surface area contributed by atoms with Crippen molar-refractivity contribution >= 4 is 5.91 Å². The second-order valence-electron chi connectivity index (χ2n) is 5.75. The number of ether oxygens (including phenoxy) is 4. The number of hydrogen-bond acceptors (Lipinski definition) is 5. The zero-order valence-electron chi connectivity index (χ0n) is 14.5. The number of nitrogens with zero attached hydrogens (tertiary/aromatic N) is 1. The fourth-order valence-electron chi connectivity index (χ4n) is 2.72. The summed E-state index contributed by atoms with van der Waals surface area (Å²) in [5.74, 6) is 2.40. The van der Waals surface area contributed by atoms with E-state index in [0.717, 1.165) is 5.56 Å². The highest BCUT2D eigenvalue weighted by atomic mass is 16.6. The molecule has 0 spiro atoms. The van der Waals surface area contributed by atoms with Gasteiger partial charge >= 0.3 is 0 Å². The van der Waals surface area contributed by atoms with Crippen LogP contribution < -0.4 is 18.9 Å². The van der Waals surface area contributed by atoms with E-state index in [4.69, 9.17) is 18.9 Å². The monoisotopic (exact) mass is 343 g/mol. The maximum Gasteiger partial charge on any atom is 0.267 e. The number of benzene rings is 2. The molecule has 2 aromatic carbocycles. The molecule has 6 heteroatoms. The molecule has 3 rings (SSSR count). The lowest BCUT2D eigenvalue weighted by Gasteiger charge is -2.29. The Hall–Kier alpha value is -2.89.